The number of benzene rings is 1. The molecule has 74 valence electrons. The first-order valence-electron chi connectivity index (χ1n) is 4.20. The summed E-state index contributed by atoms with van der Waals surface area (Å²) in [6, 6.07) is 5.45. The highest BCUT2D eigenvalue weighted by Crippen LogP contribution is 2.15. The molecule has 0 heterocycles. The van der Waals surface area contributed by atoms with Crippen LogP contribution in [0.4, 0.5) is 8.78 Å². The van der Waals surface area contributed by atoms with Crippen molar-refractivity contribution in [3.8, 4) is 6.07 Å². The van der Waals surface area contributed by atoms with Crippen molar-refractivity contribution < 1.29 is 8.78 Å². The molecule has 1 atom stereocenters. The summed E-state index contributed by atoms with van der Waals surface area (Å²) in [5, 5.41) is 11.2. The molecule has 2 nitrogen and oxygen atoms in total. The molecule has 0 spiro atoms. The molecule has 1 aromatic carbocycles. The van der Waals surface area contributed by atoms with E-state index in [1.54, 1.807) is 6.92 Å². The van der Waals surface area contributed by atoms with Crippen molar-refractivity contribution in [3.63, 3.8) is 0 Å². The van der Waals surface area contributed by atoms with E-state index in [9.17, 15) is 8.78 Å². The van der Waals surface area contributed by atoms with Crippen molar-refractivity contribution in [2.45, 2.75) is 13.0 Å². The zero-order valence-corrected chi connectivity index (χ0v) is 7.72. The minimum atomic E-state index is -0.867. The van der Waals surface area contributed by atoms with Crippen LogP contribution < -0.4 is 5.32 Å². The van der Waals surface area contributed by atoms with Crippen LogP contribution in [0, 0.1) is 23.0 Å². The minimum Gasteiger partial charge on any atom is -0.298 e. The lowest BCUT2D eigenvalue weighted by Gasteiger charge is -2.11. The highest BCUT2D eigenvalue weighted by Gasteiger charge is 2.07. The van der Waals surface area contributed by atoms with Gasteiger partial charge in [0.2, 0.25) is 0 Å². The standard InChI is InChI=1S/C10H10F2N2/c1-7(14-5-4-13)8-2-3-9(11)10(12)6-8/h2-3,6-7,14H,5H2,1H3/t7-/m0/s1. The lowest BCUT2D eigenvalue weighted by molar-refractivity contribution is 0.503. The topological polar surface area (TPSA) is 35.8 Å². The Morgan fingerprint density at radius 1 is 1.43 bits per heavy atom. The quantitative estimate of drug-likeness (QED) is 0.752. The second-order valence-electron chi connectivity index (χ2n) is 2.93. The Labute approximate surface area is 81.2 Å². The smallest absolute Gasteiger partial charge is 0.159 e. The van der Waals surface area contributed by atoms with E-state index in [-0.39, 0.29) is 12.6 Å². The average molecular weight is 196 g/mol. The van der Waals surface area contributed by atoms with Crippen molar-refractivity contribution >= 4 is 0 Å². The molecule has 0 aliphatic heterocycles. The zero-order chi connectivity index (χ0) is 10.6. The Kier molecular flexibility index (Phi) is 3.55. The lowest BCUT2D eigenvalue weighted by atomic mass is 10.1. The van der Waals surface area contributed by atoms with Gasteiger partial charge in [0, 0.05) is 6.04 Å². The number of halogens is 2. The third-order valence-corrected chi connectivity index (χ3v) is 1.93. The molecule has 0 saturated heterocycles. The lowest BCUT2D eigenvalue weighted by Crippen LogP contribution is -2.18. The summed E-state index contributed by atoms with van der Waals surface area (Å²) >= 11 is 0. The first-order chi connectivity index (χ1) is 6.65. The molecule has 0 aromatic heterocycles. The zero-order valence-electron chi connectivity index (χ0n) is 7.72. The molecule has 0 saturated carbocycles. The Hall–Kier alpha value is -1.47. The third-order valence-electron chi connectivity index (χ3n) is 1.93. The molecule has 0 amide bonds. The van der Waals surface area contributed by atoms with E-state index in [0.717, 1.165) is 12.1 Å². The van der Waals surface area contributed by atoms with Crippen molar-refractivity contribution in [1.29, 1.82) is 5.26 Å². The van der Waals surface area contributed by atoms with Gasteiger partial charge in [-0.1, -0.05) is 6.07 Å². The molecule has 0 aliphatic rings. The van der Waals surface area contributed by atoms with E-state index in [1.807, 2.05) is 6.07 Å². The Morgan fingerprint density at radius 3 is 2.71 bits per heavy atom. The van der Waals surface area contributed by atoms with Crippen LogP contribution in [-0.2, 0) is 0 Å². The number of nitrogens with one attached hydrogen (secondary N) is 1. The van der Waals surface area contributed by atoms with Gasteiger partial charge in [0.1, 0.15) is 0 Å². The summed E-state index contributed by atoms with van der Waals surface area (Å²) in [7, 11) is 0. The van der Waals surface area contributed by atoms with Gasteiger partial charge in [-0.2, -0.15) is 5.26 Å². The van der Waals surface area contributed by atoms with Crippen LogP contribution in [0.5, 0.6) is 0 Å². The first kappa shape index (κ1) is 10.6. The number of hydrogen-bond acceptors (Lipinski definition) is 2. The van der Waals surface area contributed by atoms with Crippen LogP contribution in [0.1, 0.15) is 18.5 Å². The molecule has 1 N–H and O–H groups in total. The monoisotopic (exact) mass is 196 g/mol. The summed E-state index contributed by atoms with van der Waals surface area (Å²) in [4.78, 5) is 0. The van der Waals surface area contributed by atoms with Crippen molar-refractivity contribution in [2.24, 2.45) is 0 Å². The molecule has 1 rings (SSSR count). The molecule has 1 aromatic rings. The van der Waals surface area contributed by atoms with E-state index >= 15 is 0 Å². The SMILES string of the molecule is C[C@H](NCC#N)c1ccc(F)c(F)c1. The summed E-state index contributed by atoms with van der Waals surface area (Å²) in [6.07, 6.45) is 0. The van der Waals surface area contributed by atoms with Gasteiger partial charge in [0.05, 0.1) is 12.6 Å². The Morgan fingerprint density at radius 2 is 2.14 bits per heavy atom. The van der Waals surface area contributed by atoms with E-state index in [0.29, 0.717) is 5.56 Å². The van der Waals surface area contributed by atoms with Crippen LogP contribution in [0.15, 0.2) is 18.2 Å². The predicted octanol–water partition coefficient (Wildman–Crippen LogP) is 2.14. The molecule has 4 heteroatoms. The van der Waals surface area contributed by atoms with Gasteiger partial charge in [-0.05, 0) is 24.6 Å². The number of rotatable bonds is 3. The van der Waals surface area contributed by atoms with Gasteiger partial charge >= 0.3 is 0 Å². The van der Waals surface area contributed by atoms with E-state index in [1.165, 1.54) is 6.07 Å². The van der Waals surface area contributed by atoms with Crippen LogP contribution in [-0.4, -0.2) is 6.54 Å². The van der Waals surface area contributed by atoms with Gasteiger partial charge in [-0.15, -0.1) is 0 Å². The summed E-state index contributed by atoms with van der Waals surface area (Å²) in [5.74, 6) is -1.73. The van der Waals surface area contributed by atoms with Crippen LogP contribution >= 0.6 is 0 Å². The third kappa shape index (κ3) is 2.51. The maximum absolute atomic E-state index is 12.8. The largest absolute Gasteiger partial charge is 0.298 e. The Balaban J connectivity index is 2.76. The van der Waals surface area contributed by atoms with Crippen LogP contribution in [0.3, 0.4) is 0 Å². The number of nitrogens with zero attached hydrogens (tertiary/aromatic N) is 1. The van der Waals surface area contributed by atoms with E-state index in [2.05, 4.69) is 5.32 Å². The summed E-state index contributed by atoms with van der Waals surface area (Å²) in [5.41, 5.74) is 0.624. The first-order valence-corrected chi connectivity index (χ1v) is 4.20. The number of nitriles is 1. The fourth-order valence-electron chi connectivity index (χ4n) is 1.10. The molecule has 0 aliphatic carbocycles. The minimum absolute atomic E-state index is 0.162. The molecule has 0 fully saturated rings. The van der Waals surface area contributed by atoms with Gasteiger partial charge in [-0.3, -0.25) is 5.32 Å². The predicted molar refractivity (Wildman–Crippen MR) is 48.4 cm³/mol. The van der Waals surface area contributed by atoms with Crippen molar-refractivity contribution in [1.82, 2.24) is 5.32 Å². The van der Waals surface area contributed by atoms with E-state index in [4.69, 9.17) is 5.26 Å². The van der Waals surface area contributed by atoms with Crippen molar-refractivity contribution in [2.75, 3.05) is 6.54 Å². The fourth-order valence-corrected chi connectivity index (χ4v) is 1.10. The molecular weight excluding hydrogens is 186 g/mol. The van der Waals surface area contributed by atoms with Crippen LogP contribution in [0.25, 0.3) is 0 Å². The molecule has 0 bridgehead atoms. The van der Waals surface area contributed by atoms with Gasteiger partial charge < -0.3 is 0 Å². The molecule has 0 radical (unpaired) electrons. The second kappa shape index (κ2) is 4.68. The van der Waals surface area contributed by atoms with Gasteiger partial charge in [-0.25, -0.2) is 8.78 Å². The van der Waals surface area contributed by atoms with Crippen LogP contribution in [0.2, 0.25) is 0 Å². The fraction of sp³-hybridized carbons (Fsp3) is 0.300. The molecule has 0 unspecified atom stereocenters. The molecule has 14 heavy (non-hydrogen) atoms. The summed E-state index contributed by atoms with van der Waals surface area (Å²) in [6.45, 7) is 1.96. The average Bonchev–Trinajstić information content (AvgIpc) is 2.18. The summed E-state index contributed by atoms with van der Waals surface area (Å²) < 4.78 is 25.4. The van der Waals surface area contributed by atoms with Gasteiger partial charge in [0.25, 0.3) is 0 Å². The van der Waals surface area contributed by atoms with E-state index < -0.39 is 11.6 Å². The highest BCUT2D eigenvalue weighted by atomic mass is 19.2. The highest BCUT2D eigenvalue weighted by molar-refractivity contribution is 5.20. The normalized spacial score (nSPS) is 12.1. The second-order valence-corrected chi connectivity index (χ2v) is 2.93. The maximum atomic E-state index is 12.8. The van der Waals surface area contributed by atoms with Gasteiger partial charge in [0.15, 0.2) is 11.6 Å². The molecular formula is C10H10F2N2. The van der Waals surface area contributed by atoms with Crippen molar-refractivity contribution in [3.05, 3.63) is 35.4 Å². The number of hydrogen-bond donors (Lipinski definition) is 1. The Bertz CT molecular complexity index is 358. The maximum Gasteiger partial charge on any atom is 0.159 e.